The summed E-state index contributed by atoms with van der Waals surface area (Å²) in [5, 5.41) is 5.87. The van der Waals surface area contributed by atoms with Crippen LogP contribution in [0.1, 0.15) is 23.5 Å². The molecule has 1 saturated heterocycles. The maximum Gasteiger partial charge on any atom is 0.246 e. The van der Waals surface area contributed by atoms with E-state index in [0.717, 1.165) is 10.7 Å². The summed E-state index contributed by atoms with van der Waals surface area (Å²) in [6.07, 6.45) is 0.897. The molecule has 1 aromatic heterocycles. The van der Waals surface area contributed by atoms with E-state index in [9.17, 15) is 13.2 Å². The summed E-state index contributed by atoms with van der Waals surface area (Å²) < 4.78 is 27.1. The number of thiazole rings is 1. The molecule has 146 valence electrons. The number of nitrogens with one attached hydrogen (secondary N) is 1. The first kappa shape index (κ1) is 20.5. The second-order valence-corrected chi connectivity index (χ2v) is 9.96. The third kappa shape index (κ3) is 4.63. The number of rotatable bonds is 5. The number of piperidine rings is 1. The molecule has 3 rings (SSSR count). The lowest BCUT2D eigenvalue weighted by Crippen LogP contribution is -2.43. The van der Waals surface area contributed by atoms with Crippen LogP contribution in [0.2, 0.25) is 10.0 Å². The lowest BCUT2D eigenvalue weighted by molar-refractivity contribution is -0.126. The molecule has 6 nitrogen and oxygen atoms in total. The van der Waals surface area contributed by atoms with Crippen molar-refractivity contribution >= 4 is 50.5 Å². The van der Waals surface area contributed by atoms with Crippen LogP contribution in [-0.4, -0.2) is 36.7 Å². The third-order valence-corrected chi connectivity index (χ3v) is 8.24. The van der Waals surface area contributed by atoms with Crippen LogP contribution in [0.4, 0.5) is 0 Å². The summed E-state index contributed by atoms with van der Waals surface area (Å²) in [5.74, 6) is -0.296. The quantitative estimate of drug-likeness (QED) is 0.760. The number of halogens is 2. The Labute approximate surface area is 172 Å². The molecule has 0 aliphatic carbocycles. The number of hydrogen-bond acceptors (Lipinski definition) is 5. The van der Waals surface area contributed by atoms with E-state index in [1.165, 1.54) is 27.8 Å². The number of benzene rings is 1. The van der Waals surface area contributed by atoms with Gasteiger partial charge in [0, 0.05) is 30.1 Å². The molecule has 1 aromatic carbocycles. The SMILES string of the molecule is Cc1csc(CNC(=O)C2CCN(S(=O)(=O)c3c(Cl)cccc3Cl)CC2)n1. The molecule has 0 bridgehead atoms. The monoisotopic (exact) mass is 447 g/mol. The molecule has 1 aliphatic rings. The second kappa shape index (κ2) is 8.45. The van der Waals surface area contributed by atoms with Gasteiger partial charge < -0.3 is 5.32 Å². The molecule has 0 atom stereocenters. The molecule has 2 heterocycles. The number of sulfonamides is 1. The Hall–Kier alpha value is -1.19. The zero-order valence-electron chi connectivity index (χ0n) is 14.6. The van der Waals surface area contributed by atoms with Crippen LogP contribution in [-0.2, 0) is 21.4 Å². The average molecular weight is 448 g/mol. The van der Waals surface area contributed by atoms with E-state index in [1.54, 1.807) is 6.07 Å². The van der Waals surface area contributed by atoms with Crippen LogP contribution in [0.15, 0.2) is 28.5 Å². The van der Waals surface area contributed by atoms with Gasteiger partial charge in [0.1, 0.15) is 9.90 Å². The predicted molar refractivity (Wildman–Crippen MR) is 107 cm³/mol. The first-order chi connectivity index (χ1) is 12.8. The molecule has 0 unspecified atom stereocenters. The zero-order valence-corrected chi connectivity index (χ0v) is 17.8. The zero-order chi connectivity index (χ0) is 19.6. The average Bonchev–Trinajstić information content (AvgIpc) is 3.05. The van der Waals surface area contributed by atoms with Gasteiger partial charge in [-0.25, -0.2) is 13.4 Å². The lowest BCUT2D eigenvalue weighted by atomic mass is 9.97. The van der Waals surface area contributed by atoms with Gasteiger partial charge in [-0.1, -0.05) is 29.3 Å². The van der Waals surface area contributed by atoms with Crippen molar-refractivity contribution in [1.82, 2.24) is 14.6 Å². The van der Waals surface area contributed by atoms with Gasteiger partial charge in [0.2, 0.25) is 15.9 Å². The predicted octanol–water partition coefficient (Wildman–Crippen LogP) is 3.48. The number of aryl methyl sites for hydroxylation is 1. The number of amides is 1. The smallest absolute Gasteiger partial charge is 0.246 e. The number of carbonyl (C=O) groups is 1. The lowest BCUT2D eigenvalue weighted by Gasteiger charge is -2.31. The van der Waals surface area contributed by atoms with Gasteiger partial charge in [-0.05, 0) is 31.9 Å². The van der Waals surface area contributed by atoms with Gasteiger partial charge in [-0.3, -0.25) is 4.79 Å². The summed E-state index contributed by atoms with van der Waals surface area (Å²) in [6, 6.07) is 4.60. The summed E-state index contributed by atoms with van der Waals surface area (Å²) >= 11 is 13.6. The van der Waals surface area contributed by atoms with Gasteiger partial charge in [0.25, 0.3) is 0 Å². The number of hydrogen-bond donors (Lipinski definition) is 1. The molecule has 0 saturated carbocycles. The van der Waals surface area contributed by atoms with Crippen molar-refractivity contribution in [1.29, 1.82) is 0 Å². The molecule has 0 spiro atoms. The van der Waals surface area contributed by atoms with Crippen molar-refractivity contribution in [2.24, 2.45) is 5.92 Å². The van der Waals surface area contributed by atoms with Crippen LogP contribution >= 0.6 is 34.5 Å². The number of carbonyl (C=O) groups excluding carboxylic acids is 1. The maximum absolute atomic E-state index is 12.9. The highest BCUT2D eigenvalue weighted by molar-refractivity contribution is 7.89. The fourth-order valence-corrected chi connectivity index (χ4v) is 6.28. The van der Waals surface area contributed by atoms with Crippen LogP contribution in [0, 0.1) is 12.8 Å². The third-order valence-electron chi connectivity index (χ3n) is 4.42. The summed E-state index contributed by atoms with van der Waals surface area (Å²) in [6.45, 7) is 2.80. The highest BCUT2D eigenvalue weighted by Gasteiger charge is 2.34. The molecule has 0 radical (unpaired) electrons. The van der Waals surface area contributed by atoms with Gasteiger partial charge in [0.15, 0.2) is 0 Å². The normalized spacial score (nSPS) is 16.4. The van der Waals surface area contributed by atoms with E-state index in [2.05, 4.69) is 10.3 Å². The molecular weight excluding hydrogens is 429 g/mol. The Morgan fingerprint density at radius 2 is 1.93 bits per heavy atom. The first-order valence-corrected chi connectivity index (χ1v) is 11.5. The van der Waals surface area contributed by atoms with Gasteiger partial charge in [0.05, 0.1) is 16.6 Å². The van der Waals surface area contributed by atoms with Crippen LogP contribution in [0.25, 0.3) is 0 Å². The minimum atomic E-state index is -3.80. The Balaban J connectivity index is 1.60. The minimum Gasteiger partial charge on any atom is -0.349 e. The Morgan fingerprint density at radius 3 is 2.48 bits per heavy atom. The minimum absolute atomic E-state index is 0.0734. The molecule has 1 aliphatic heterocycles. The van der Waals surface area contributed by atoms with Crippen molar-refractivity contribution in [2.45, 2.75) is 31.2 Å². The van der Waals surface area contributed by atoms with Gasteiger partial charge in [-0.2, -0.15) is 4.31 Å². The summed E-state index contributed by atoms with van der Waals surface area (Å²) in [7, 11) is -3.80. The maximum atomic E-state index is 12.9. The molecule has 1 fully saturated rings. The molecular formula is C17H19Cl2N3O3S2. The molecule has 1 N–H and O–H groups in total. The fraction of sp³-hybridized carbons (Fsp3) is 0.412. The largest absolute Gasteiger partial charge is 0.349 e. The Bertz CT molecular complexity index is 918. The summed E-state index contributed by atoms with van der Waals surface area (Å²) in [4.78, 5) is 16.6. The molecule has 2 aromatic rings. The standard InChI is InChI=1S/C17H19Cl2N3O3S2/c1-11-10-26-15(21-11)9-20-17(23)12-5-7-22(8-6-12)27(24,25)16-13(18)3-2-4-14(16)19/h2-4,10,12H,5-9H2,1H3,(H,20,23). The molecule has 10 heteroatoms. The molecule has 1 amide bonds. The van der Waals surface area contributed by atoms with Crippen LogP contribution < -0.4 is 5.32 Å². The van der Waals surface area contributed by atoms with Gasteiger partial charge >= 0.3 is 0 Å². The number of aromatic nitrogens is 1. The topological polar surface area (TPSA) is 79.4 Å². The van der Waals surface area contributed by atoms with E-state index in [4.69, 9.17) is 23.2 Å². The highest BCUT2D eigenvalue weighted by Crippen LogP contribution is 2.33. The van der Waals surface area contributed by atoms with Crippen LogP contribution in [0.5, 0.6) is 0 Å². The van der Waals surface area contributed by atoms with E-state index >= 15 is 0 Å². The Morgan fingerprint density at radius 1 is 1.30 bits per heavy atom. The highest BCUT2D eigenvalue weighted by atomic mass is 35.5. The Kier molecular flexibility index (Phi) is 6.43. The fourth-order valence-electron chi connectivity index (χ4n) is 3.01. The molecule has 27 heavy (non-hydrogen) atoms. The summed E-state index contributed by atoms with van der Waals surface area (Å²) in [5.41, 5.74) is 0.931. The van der Waals surface area contributed by atoms with Crippen molar-refractivity contribution < 1.29 is 13.2 Å². The van der Waals surface area contributed by atoms with Crippen LogP contribution in [0.3, 0.4) is 0 Å². The van der Waals surface area contributed by atoms with Gasteiger partial charge in [-0.15, -0.1) is 11.3 Å². The van der Waals surface area contributed by atoms with Crippen molar-refractivity contribution in [3.8, 4) is 0 Å². The first-order valence-electron chi connectivity index (χ1n) is 8.42. The van der Waals surface area contributed by atoms with E-state index in [-0.39, 0.29) is 39.9 Å². The van der Waals surface area contributed by atoms with E-state index < -0.39 is 10.0 Å². The number of nitrogens with zero attached hydrogens (tertiary/aromatic N) is 2. The van der Waals surface area contributed by atoms with Crippen molar-refractivity contribution in [3.05, 3.63) is 44.3 Å². The van der Waals surface area contributed by atoms with E-state index in [0.29, 0.717) is 19.4 Å². The van der Waals surface area contributed by atoms with Crippen molar-refractivity contribution in [3.63, 3.8) is 0 Å². The second-order valence-electron chi connectivity index (χ2n) is 6.33. The van der Waals surface area contributed by atoms with Crippen molar-refractivity contribution in [2.75, 3.05) is 13.1 Å². The van der Waals surface area contributed by atoms with E-state index in [1.807, 2.05) is 12.3 Å².